The molecule has 2 N–H and O–H groups in total. The summed E-state index contributed by atoms with van der Waals surface area (Å²) in [5.41, 5.74) is 4.70. The fourth-order valence-electron chi connectivity index (χ4n) is 5.09. The summed E-state index contributed by atoms with van der Waals surface area (Å²) in [6, 6.07) is 13.1. The number of fused-ring (bicyclic) bond motifs is 1. The normalized spacial score (nSPS) is 16.7. The smallest absolute Gasteiger partial charge is 0.224 e. The number of hydrogen-bond donors (Lipinski definition) is 2. The predicted octanol–water partition coefficient (Wildman–Crippen LogP) is 8.05. The first-order valence-electron chi connectivity index (χ1n) is 14.8. The molecule has 2 aromatic carbocycles. The van der Waals surface area contributed by atoms with Crippen LogP contribution in [0.5, 0.6) is 11.5 Å². The minimum Gasteiger partial charge on any atom is -0.492 e. The molecule has 0 spiro atoms. The molecule has 10 heteroatoms. The Balaban J connectivity index is 1.66. The van der Waals surface area contributed by atoms with Gasteiger partial charge in [0.15, 0.2) is 0 Å². The Labute approximate surface area is 270 Å². The average molecular weight is 637 g/mol. The van der Waals surface area contributed by atoms with Crippen molar-refractivity contribution in [1.29, 1.82) is 5.26 Å². The van der Waals surface area contributed by atoms with Crippen molar-refractivity contribution in [2.75, 3.05) is 37.9 Å². The number of benzene rings is 2. The number of allylic oxidation sites excluding steroid dienone is 1. The molecule has 3 aromatic rings. The SMILES string of the molecule is CCOc1cc2c(cc1NC(=O)CCCN(C)C)C(Nc1cc(Cl)c(OCc3ncccc3C)cc1Cl)C(C#N)CC/C=C/2. The summed E-state index contributed by atoms with van der Waals surface area (Å²) in [7, 11) is 3.96. The van der Waals surface area contributed by atoms with Crippen LogP contribution < -0.4 is 20.1 Å². The Morgan fingerprint density at radius 3 is 2.68 bits per heavy atom. The molecule has 44 heavy (non-hydrogen) atoms. The summed E-state index contributed by atoms with van der Waals surface area (Å²) in [5.74, 6) is 0.529. The van der Waals surface area contributed by atoms with Gasteiger partial charge < -0.3 is 25.0 Å². The van der Waals surface area contributed by atoms with Crippen molar-refractivity contribution in [3.63, 3.8) is 0 Å². The quantitative estimate of drug-likeness (QED) is 0.208. The molecule has 1 heterocycles. The number of nitrogens with one attached hydrogen (secondary N) is 2. The lowest BCUT2D eigenvalue weighted by atomic mass is 9.85. The summed E-state index contributed by atoms with van der Waals surface area (Å²) >= 11 is 13.4. The number of carbonyl (C=O) groups excluding carboxylic acids is 1. The van der Waals surface area contributed by atoms with E-state index in [9.17, 15) is 10.1 Å². The molecular weight excluding hydrogens is 597 g/mol. The zero-order valence-electron chi connectivity index (χ0n) is 25.6. The lowest BCUT2D eigenvalue weighted by Gasteiger charge is -2.29. The van der Waals surface area contributed by atoms with E-state index in [0.717, 1.165) is 41.8 Å². The molecule has 8 nitrogen and oxygen atoms in total. The number of amides is 1. The standard InChI is InChI=1S/C34H39Cl2N5O3/c1-5-43-32-16-23-11-6-7-12-24(20-37)34(25(23)17-29(32)39-33(42)13-9-15-41(3)4)40-28-18-27(36)31(19-26(28)35)44-21-30-22(2)10-8-14-38-30/h6,8,10-11,14,16-19,24,34,40H,5,7,9,12-13,15,21H2,1-4H3,(H,39,42)/b11-6+. The van der Waals surface area contributed by atoms with Gasteiger partial charge in [0.2, 0.25) is 5.91 Å². The molecule has 232 valence electrons. The number of anilines is 2. The second kappa shape index (κ2) is 15.8. The molecule has 2 atom stereocenters. The van der Waals surface area contributed by atoms with Gasteiger partial charge in [-0.1, -0.05) is 41.4 Å². The van der Waals surface area contributed by atoms with Crippen LogP contribution >= 0.6 is 23.2 Å². The van der Waals surface area contributed by atoms with Crippen LogP contribution in [-0.2, 0) is 11.4 Å². The molecule has 2 unspecified atom stereocenters. The van der Waals surface area contributed by atoms with Crippen LogP contribution in [0.4, 0.5) is 11.4 Å². The number of halogens is 2. The van der Waals surface area contributed by atoms with Crippen molar-refractivity contribution in [3.05, 3.63) is 81.1 Å². The van der Waals surface area contributed by atoms with Crippen molar-refractivity contribution in [3.8, 4) is 17.6 Å². The molecule has 4 rings (SSSR count). The first-order chi connectivity index (χ1) is 21.2. The van der Waals surface area contributed by atoms with E-state index >= 15 is 0 Å². The van der Waals surface area contributed by atoms with Gasteiger partial charge in [-0.25, -0.2) is 0 Å². The summed E-state index contributed by atoms with van der Waals surface area (Å²) in [5, 5.41) is 17.6. The number of aryl methyl sites for hydroxylation is 1. The molecule has 0 saturated heterocycles. The minimum atomic E-state index is -0.448. The van der Waals surface area contributed by atoms with Crippen molar-refractivity contribution in [1.82, 2.24) is 9.88 Å². The van der Waals surface area contributed by atoms with Crippen molar-refractivity contribution in [2.24, 2.45) is 5.92 Å². The number of nitriles is 1. The zero-order chi connectivity index (χ0) is 31.6. The van der Waals surface area contributed by atoms with Gasteiger partial charge in [0.1, 0.15) is 18.1 Å². The van der Waals surface area contributed by atoms with E-state index in [1.54, 1.807) is 18.3 Å². The number of ether oxygens (including phenoxy) is 2. The number of pyridine rings is 1. The molecule has 0 saturated carbocycles. The van der Waals surface area contributed by atoms with Crippen LogP contribution in [0.25, 0.3) is 6.08 Å². The van der Waals surface area contributed by atoms with E-state index in [0.29, 0.717) is 52.4 Å². The summed E-state index contributed by atoms with van der Waals surface area (Å²) < 4.78 is 11.9. The van der Waals surface area contributed by atoms with E-state index in [4.69, 9.17) is 32.7 Å². The molecule has 1 aliphatic rings. The second-order valence-corrected chi connectivity index (χ2v) is 11.8. The maximum Gasteiger partial charge on any atom is 0.224 e. The fraction of sp³-hybridized carbons (Fsp3) is 0.382. The van der Waals surface area contributed by atoms with Crippen LogP contribution in [0.2, 0.25) is 10.0 Å². The highest BCUT2D eigenvalue weighted by molar-refractivity contribution is 6.36. The van der Waals surface area contributed by atoms with Gasteiger partial charge in [0.05, 0.1) is 51.7 Å². The Bertz CT molecular complexity index is 1540. The van der Waals surface area contributed by atoms with Gasteiger partial charge in [-0.3, -0.25) is 9.78 Å². The van der Waals surface area contributed by atoms with Crippen molar-refractivity contribution < 1.29 is 14.3 Å². The van der Waals surface area contributed by atoms with Crippen LogP contribution in [0.3, 0.4) is 0 Å². The van der Waals surface area contributed by atoms with Gasteiger partial charge in [-0.15, -0.1) is 0 Å². The third-order valence-electron chi connectivity index (χ3n) is 7.43. The summed E-state index contributed by atoms with van der Waals surface area (Å²) in [6.45, 7) is 5.38. The van der Waals surface area contributed by atoms with E-state index in [-0.39, 0.29) is 12.5 Å². The Kier molecular flexibility index (Phi) is 11.9. The Hall–Kier alpha value is -3.77. The van der Waals surface area contributed by atoms with Crippen LogP contribution in [0.1, 0.15) is 61.0 Å². The highest BCUT2D eigenvalue weighted by Gasteiger charge is 2.28. The second-order valence-electron chi connectivity index (χ2n) is 11.0. The van der Waals surface area contributed by atoms with E-state index < -0.39 is 12.0 Å². The molecule has 0 bridgehead atoms. The van der Waals surface area contributed by atoms with E-state index in [1.807, 2.05) is 63.2 Å². The van der Waals surface area contributed by atoms with E-state index in [1.165, 1.54) is 0 Å². The number of nitrogens with zero attached hydrogens (tertiary/aromatic N) is 3. The van der Waals surface area contributed by atoms with Crippen molar-refractivity contribution >= 4 is 46.6 Å². The summed E-state index contributed by atoms with van der Waals surface area (Å²) in [4.78, 5) is 19.3. The monoisotopic (exact) mass is 635 g/mol. The maximum absolute atomic E-state index is 12.9. The molecule has 1 amide bonds. The predicted molar refractivity (Wildman–Crippen MR) is 178 cm³/mol. The molecule has 0 fully saturated rings. The minimum absolute atomic E-state index is 0.0956. The van der Waals surface area contributed by atoms with Gasteiger partial charge in [0, 0.05) is 18.7 Å². The lowest BCUT2D eigenvalue weighted by molar-refractivity contribution is -0.116. The molecular formula is C34H39Cl2N5O3. The third kappa shape index (κ3) is 8.66. The first-order valence-corrected chi connectivity index (χ1v) is 15.6. The van der Waals surface area contributed by atoms with Gasteiger partial charge >= 0.3 is 0 Å². The lowest BCUT2D eigenvalue weighted by Crippen LogP contribution is -2.23. The summed E-state index contributed by atoms with van der Waals surface area (Å²) in [6.07, 6.45) is 8.31. The highest BCUT2D eigenvalue weighted by atomic mass is 35.5. The number of aromatic nitrogens is 1. The van der Waals surface area contributed by atoms with Gasteiger partial charge in [-0.05, 0) is 94.7 Å². The number of hydrogen-bond acceptors (Lipinski definition) is 7. The Morgan fingerprint density at radius 1 is 1.14 bits per heavy atom. The topological polar surface area (TPSA) is 99.5 Å². The Morgan fingerprint density at radius 2 is 1.95 bits per heavy atom. The first kappa shape index (κ1) is 33.1. The highest BCUT2D eigenvalue weighted by Crippen LogP contribution is 2.42. The van der Waals surface area contributed by atoms with Crippen LogP contribution in [0.15, 0.2) is 48.7 Å². The van der Waals surface area contributed by atoms with Gasteiger partial charge in [-0.2, -0.15) is 5.26 Å². The number of rotatable bonds is 12. The largest absolute Gasteiger partial charge is 0.492 e. The van der Waals surface area contributed by atoms with Crippen LogP contribution in [-0.4, -0.2) is 43.0 Å². The van der Waals surface area contributed by atoms with E-state index in [2.05, 4.69) is 27.8 Å². The zero-order valence-corrected chi connectivity index (χ0v) is 27.1. The van der Waals surface area contributed by atoms with Crippen LogP contribution in [0, 0.1) is 24.2 Å². The fourth-order valence-corrected chi connectivity index (χ4v) is 5.51. The number of carbonyl (C=O) groups is 1. The average Bonchev–Trinajstić information content (AvgIpc) is 2.98. The molecule has 1 aliphatic carbocycles. The maximum atomic E-state index is 12.9. The van der Waals surface area contributed by atoms with Crippen molar-refractivity contribution in [2.45, 2.75) is 52.2 Å². The molecule has 0 aliphatic heterocycles. The molecule has 0 radical (unpaired) electrons. The third-order valence-corrected chi connectivity index (χ3v) is 8.04. The van der Waals surface area contributed by atoms with Gasteiger partial charge in [0.25, 0.3) is 0 Å². The molecule has 1 aromatic heterocycles.